The highest BCUT2D eigenvalue weighted by molar-refractivity contribution is 5.78. The number of carbonyl (C=O) groups is 6. The number of carboxylic acid groups (broad SMARTS) is 2. The van der Waals surface area contributed by atoms with Gasteiger partial charge < -0.3 is 161 Å². The molecule has 123 heavy (non-hydrogen) atoms. The van der Waals surface area contributed by atoms with Crippen LogP contribution in [-0.2, 0) is 76.1 Å². The molecule has 0 aliphatic carbocycles. The number of hydrogen-bond acceptors (Lipinski definition) is 32. The molecule has 0 aromatic rings. The predicted octanol–water partition coefficient (Wildman–Crippen LogP) is 1.04. The average molecular weight is 1770 g/mol. The van der Waals surface area contributed by atoms with E-state index in [-0.39, 0.29) is 6.42 Å². The summed E-state index contributed by atoms with van der Waals surface area (Å²) in [5.41, 5.74) is 0. The van der Waals surface area contributed by atoms with Gasteiger partial charge in [0, 0.05) is 40.0 Å². The van der Waals surface area contributed by atoms with Crippen molar-refractivity contribution in [2.24, 2.45) is 0 Å². The largest absolute Gasteiger partial charge is 0.477 e. The summed E-state index contributed by atoms with van der Waals surface area (Å²) in [5.74, 6) is -14.6. The molecule has 5 aliphatic heterocycles. The second-order valence-corrected chi connectivity index (χ2v) is 33.9. The van der Waals surface area contributed by atoms with Crippen LogP contribution in [-0.4, -0.2) is 344 Å². The number of carboxylic acids is 2. The second-order valence-electron chi connectivity index (χ2n) is 33.9. The number of rotatable bonds is 63. The molecule has 5 aliphatic rings. The van der Waals surface area contributed by atoms with E-state index in [0.717, 1.165) is 85.0 Å². The molecule has 29 atom stereocenters. The van der Waals surface area contributed by atoms with Gasteiger partial charge in [0.25, 0.3) is 11.6 Å². The summed E-state index contributed by atoms with van der Waals surface area (Å²) in [5, 5.41) is 213. The fraction of sp³-hybridized carbons (Fsp3) is 0.906. The summed E-state index contributed by atoms with van der Waals surface area (Å²) in [7, 11) is 0. The quantitative estimate of drug-likeness (QED) is 0.0299. The first-order chi connectivity index (χ1) is 58.8. The number of ether oxygens (including phenoxy) is 10. The monoisotopic (exact) mass is 1770 g/mol. The minimum absolute atomic E-state index is 0.113. The molecule has 4 amide bonds. The highest BCUT2D eigenvalue weighted by Crippen LogP contribution is 2.43. The van der Waals surface area contributed by atoms with Crippen LogP contribution in [0.4, 0.5) is 0 Å². The third kappa shape index (κ3) is 35.1. The number of allylic oxidation sites excluding steroid dienone is 1. The number of aliphatic carboxylic acids is 2. The fourth-order valence-corrected chi connectivity index (χ4v) is 16.7. The number of unbranched alkanes of at least 4 members (excludes halogenated alkanes) is 32. The topological polar surface area (TPSA) is 607 Å². The van der Waals surface area contributed by atoms with E-state index in [1.165, 1.54) is 147 Å². The summed E-state index contributed by atoms with van der Waals surface area (Å²) < 4.78 is 60.0. The van der Waals surface area contributed by atoms with E-state index in [0.29, 0.717) is 12.8 Å². The van der Waals surface area contributed by atoms with Crippen molar-refractivity contribution in [3.63, 3.8) is 0 Å². The van der Waals surface area contributed by atoms with Gasteiger partial charge in [0.1, 0.15) is 110 Å². The lowest BCUT2D eigenvalue weighted by Crippen LogP contribution is -2.72. The lowest BCUT2D eigenvalue weighted by atomic mass is 9.87. The summed E-state index contributed by atoms with van der Waals surface area (Å²) in [6, 6.07) is -6.82. The molecule has 5 rings (SSSR count). The minimum Gasteiger partial charge on any atom is -0.477 e. The number of hydrogen-bond donors (Lipinski definition) is 22. The van der Waals surface area contributed by atoms with Gasteiger partial charge in [-0.3, -0.25) is 19.2 Å². The summed E-state index contributed by atoms with van der Waals surface area (Å²) in [6.45, 7) is 0.564. The maximum atomic E-state index is 14.2. The number of aliphatic hydroxyl groups is 16. The molecule has 716 valence electrons. The summed E-state index contributed by atoms with van der Waals surface area (Å²) >= 11 is 0. The number of amides is 4. The van der Waals surface area contributed by atoms with Crippen LogP contribution >= 0.6 is 0 Å². The molecule has 0 aromatic carbocycles. The van der Waals surface area contributed by atoms with Crippen molar-refractivity contribution in [3.05, 3.63) is 12.2 Å². The number of carbonyl (C=O) groups excluding carboxylic acids is 4. The van der Waals surface area contributed by atoms with Gasteiger partial charge >= 0.3 is 11.9 Å². The van der Waals surface area contributed by atoms with E-state index in [1.807, 2.05) is 0 Å². The van der Waals surface area contributed by atoms with Gasteiger partial charge in [-0.1, -0.05) is 225 Å². The lowest BCUT2D eigenvalue weighted by Gasteiger charge is -2.52. The maximum Gasteiger partial charge on any atom is 0.364 e. The molecule has 0 saturated carbocycles. The van der Waals surface area contributed by atoms with Crippen molar-refractivity contribution >= 4 is 35.6 Å². The zero-order valence-corrected chi connectivity index (χ0v) is 72.7. The Morgan fingerprint density at radius 2 is 0.846 bits per heavy atom. The van der Waals surface area contributed by atoms with E-state index >= 15 is 0 Å². The first-order valence-corrected chi connectivity index (χ1v) is 45.2. The second kappa shape index (κ2) is 58.2. The Morgan fingerprint density at radius 1 is 0.439 bits per heavy atom. The molecule has 0 aromatic heterocycles. The summed E-state index contributed by atoms with van der Waals surface area (Å²) in [4.78, 5) is 79.2. The maximum absolute atomic E-state index is 14.2. The van der Waals surface area contributed by atoms with E-state index in [9.17, 15) is 121 Å². The molecule has 2 unspecified atom stereocenters. The van der Waals surface area contributed by atoms with Gasteiger partial charge in [0.2, 0.25) is 23.6 Å². The third-order valence-electron chi connectivity index (χ3n) is 23.7. The van der Waals surface area contributed by atoms with Crippen molar-refractivity contribution in [1.29, 1.82) is 0 Å². The molecule has 0 spiro atoms. The molecular formula is C85H152N4O34. The van der Waals surface area contributed by atoms with Gasteiger partial charge in [0.05, 0.1) is 76.1 Å². The van der Waals surface area contributed by atoms with Crippen LogP contribution < -0.4 is 21.3 Å². The molecule has 0 radical (unpaired) electrons. The fourth-order valence-electron chi connectivity index (χ4n) is 16.7. The minimum atomic E-state index is -3.59. The molecule has 38 nitrogen and oxygen atoms in total. The van der Waals surface area contributed by atoms with Gasteiger partial charge in [-0.25, -0.2) is 9.59 Å². The van der Waals surface area contributed by atoms with Gasteiger partial charge in [-0.05, 0) is 19.3 Å². The van der Waals surface area contributed by atoms with Crippen molar-refractivity contribution in [1.82, 2.24) is 21.3 Å². The van der Waals surface area contributed by atoms with Crippen molar-refractivity contribution in [2.45, 2.75) is 449 Å². The van der Waals surface area contributed by atoms with Crippen molar-refractivity contribution in [3.8, 4) is 0 Å². The number of nitrogens with one attached hydrogen (secondary N) is 4. The van der Waals surface area contributed by atoms with E-state index in [2.05, 4.69) is 35.1 Å². The molecule has 5 heterocycles. The highest BCUT2D eigenvalue weighted by Gasteiger charge is 2.64. The predicted molar refractivity (Wildman–Crippen MR) is 439 cm³/mol. The van der Waals surface area contributed by atoms with E-state index < -0.39 is 265 Å². The summed E-state index contributed by atoms with van der Waals surface area (Å²) in [6.07, 6.45) is -9.72. The van der Waals surface area contributed by atoms with Crippen LogP contribution in [0.25, 0.3) is 0 Å². The SMILES string of the molecule is CCCCCCCCCCCCC/C=C/[C@@H](O)[C@H](CO[C@@H]1O[C@H](CO)[C@@H](O[C@@H]2O[C@H](CO)[C@H](O[C@@H]3O[C@H](CO)[C@H](O)[C@H](O)[C@H]3NC(C)=O)[C@H](O[C@]3(C(=O)O)C[C@H](O)[C@@H](NC(C)=O)C([C@H](O)[C@@H](CO)O[C@]4(C(=O)O)C[C@H](O)[C@@H](NC(C)=O)C([C@H](O)[C@H](O)CO)O4)O3)[C@H]2O)[C@H](O)[C@H]1O)NC(=O)CCCCCCCCCCCCCCCCCCCCCCCC. The smallest absolute Gasteiger partial charge is 0.364 e. The Hall–Kier alpha value is -4.48. The first-order valence-electron chi connectivity index (χ1n) is 45.2. The standard InChI is InChI=1S/C85H152N4O34/c1-6-8-10-12-14-16-18-20-21-22-23-24-25-26-27-28-30-32-34-36-38-40-42-63(102)89-54(55(98)41-39-37-35-33-31-29-19-17-15-13-11-9-7-2)50-114-80-72(108)71(107)74(61(48-93)116-80)118-81-73(109)78(75(62(49-94)117-81)119-79-66(88-53(5)97)70(106)68(104)59(46-91)115-79)123-85(83(112)113)44-57(100)65(87-52(4)96)77(122-85)69(105)60(47-92)120-84(82(110)111)43-56(99)64(86-51(3)95)76(121-84)67(103)58(101)45-90/h39,41,54-62,64-81,90-94,98-101,103-109H,6-38,40,42-50H2,1-5H3,(H,86,95)(H,87,96)(H,88,97)(H,89,102)(H,110,111)(H,112,113)/b41-39+/t54-,55+,56-,57-,58+,59+,60+,61+,62+,64+,65+,66+,67+,68-,69+,70+,71+,72+,73+,74+,75-,76?,77?,78+,79-,80+,81-,84+,85-/m0/s1. The Kier molecular flexibility index (Phi) is 51.6. The molecule has 5 saturated heterocycles. The van der Waals surface area contributed by atoms with Crippen LogP contribution in [0.3, 0.4) is 0 Å². The van der Waals surface area contributed by atoms with Crippen LogP contribution in [0.1, 0.15) is 272 Å². The zero-order chi connectivity index (χ0) is 90.8. The normalized spacial score (nSPS) is 32.1. The Morgan fingerprint density at radius 3 is 1.29 bits per heavy atom. The van der Waals surface area contributed by atoms with Gasteiger partial charge in [0.15, 0.2) is 18.9 Å². The van der Waals surface area contributed by atoms with Crippen LogP contribution in [0, 0.1) is 0 Å². The molecular weight excluding hydrogens is 1620 g/mol. The lowest BCUT2D eigenvalue weighted by molar-refractivity contribution is -0.402. The molecule has 0 bridgehead atoms. The van der Waals surface area contributed by atoms with Crippen LogP contribution in [0.5, 0.6) is 0 Å². The van der Waals surface area contributed by atoms with Crippen LogP contribution in [0.15, 0.2) is 12.2 Å². The Bertz CT molecular complexity index is 2990. The molecule has 38 heteroatoms. The van der Waals surface area contributed by atoms with Crippen molar-refractivity contribution < 1.29 is 168 Å². The van der Waals surface area contributed by atoms with Gasteiger partial charge in [-0.2, -0.15) is 0 Å². The number of aliphatic hydroxyl groups excluding tert-OH is 16. The third-order valence-corrected chi connectivity index (χ3v) is 23.7. The van der Waals surface area contributed by atoms with Gasteiger partial charge in [-0.15, -0.1) is 0 Å². The van der Waals surface area contributed by atoms with E-state index in [4.69, 9.17) is 47.4 Å². The van der Waals surface area contributed by atoms with Crippen LogP contribution in [0.2, 0.25) is 0 Å². The highest BCUT2D eigenvalue weighted by atomic mass is 16.8. The Labute approximate surface area is 722 Å². The average Bonchev–Trinajstić information content (AvgIpc) is 0.740. The first kappa shape index (κ1) is 109. The van der Waals surface area contributed by atoms with Crippen molar-refractivity contribution in [2.75, 3.05) is 39.6 Å². The zero-order valence-electron chi connectivity index (χ0n) is 72.7. The molecule has 22 N–H and O–H groups in total. The van der Waals surface area contributed by atoms with E-state index in [1.54, 1.807) is 6.08 Å². The molecule has 5 fully saturated rings. The Balaban J connectivity index is 1.38.